The van der Waals surface area contributed by atoms with Crippen LogP contribution in [0.3, 0.4) is 0 Å². The first-order valence-corrected chi connectivity index (χ1v) is 7.29. The van der Waals surface area contributed by atoms with Gasteiger partial charge in [-0.05, 0) is 24.8 Å². The molecule has 20 heavy (non-hydrogen) atoms. The Morgan fingerprint density at radius 1 is 1.10 bits per heavy atom. The van der Waals surface area contributed by atoms with Crippen LogP contribution in [-0.4, -0.2) is 16.5 Å². The molecule has 0 aliphatic heterocycles. The third-order valence-electron chi connectivity index (χ3n) is 3.48. The zero-order chi connectivity index (χ0) is 14.5. The normalized spacial score (nSPS) is 10.8. The zero-order valence-corrected chi connectivity index (χ0v) is 12.8. The predicted molar refractivity (Wildman–Crippen MR) is 85.1 cm³/mol. The number of aromatic nitrogens is 2. The molecule has 0 fully saturated rings. The van der Waals surface area contributed by atoms with Gasteiger partial charge < -0.3 is 5.32 Å². The summed E-state index contributed by atoms with van der Waals surface area (Å²) in [4.78, 5) is 8.77. The Bertz CT molecular complexity index is 559. The lowest BCUT2D eigenvalue weighted by Crippen LogP contribution is -2.05. The molecule has 0 aliphatic rings. The van der Waals surface area contributed by atoms with Crippen LogP contribution in [0.5, 0.6) is 0 Å². The highest BCUT2D eigenvalue weighted by atomic mass is 15.0. The van der Waals surface area contributed by atoms with Crippen LogP contribution >= 0.6 is 0 Å². The van der Waals surface area contributed by atoms with E-state index < -0.39 is 0 Å². The standard InChI is InChI=1S/C17H23N3/c1-5-10-18-17-13(4)16(19-11-20-17)15-8-6-14(7-9-15)12(2)3/h6-9,11-12H,5,10H2,1-4H3,(H,18,19,20). The zero-order valence-electron chi connectivity index (χ0n) is 12.8. The number of hydrogen-bond donors (Lipinski definition) is 1. The molecular formula is C17H23N3. The monoisotopic (exact) mass is 269 g/mol. The Morgan fingerprint density at radius 2 is 1.80 bits per heavy atom. The molecular weight excluding hydrogens is 246 g/mol. The Balaban J connectivity index is 2.32. The molecule has 1 aromatic carbocycles. The lowest BCUT2D eigenvalue weighted by atomic mass is 9.99. The van der Waals surface area contributed by atoms with E-state index in [0.717, 1.165) is 35.6 Å². The van der Waals surface area contributed by atoms with Crippen molar-refractivity contribution < 1.29 is 0 Å². The SMILES string of the molecule is CCCNc1ncnc(-c2ccc(C(C)C)cc2)c1C. The lowest BCUT2D eigenvalue weighted by Gasteiger charge is -2.12. The first-order chi connectivity index (χ1) is 9.63. The minimum absolute atomic E-state index is 0.553. The van der Waals surface area contributed by atoms with Gasteiger partial charge in [-0.2, -0.15) is 0 Å². The van der Waals surface area contributed by atoms with Gasteiger partial charge in [-0.3, -0.25) is 0 Å². The molecule has 106 valence electrons. The second-order valence-electron chi connectivity index (χ2n) is 5.40. The van der Waals surface area contributed by atoms with Crippen molar-refractivity contribution in [2.24, 2.45) is 0 Å². The van der Waals surface area contributed by atoms with E-state index in [0.29, 0.717) is 5.92 Å². The lowest BCUT2D eigenvalue weighted by molar-refractivity contribution is 0.867. The Hall–Kier alpha value is -1.90. The summed E-state index contributed by atoms with van der Waals surface area (Å²) < 4.78 is 0. The summed E-state index contributed by atoms with van der Waals surface area (Å²) >= 11 is 0. The van der Waals surface area contributed by atoms with Crippen molar-refractivity contribution in [2.45, 2.75) is 40.0 Å². The summed E-state index contributed by atoms with van der Waals surface area (Å²) in [5, 5.41) is 3.35. The number of benzene rings is 1. The van der Waals surface area contributed by atoms with E-state index in [1.54, 1.807) is 6.33 Å². The van der Waals surface area contributed by atoms with Gasteiger partial charge in [0.15, 0.2) is 0 Å². The van der Waals surface area contributed by atoms with Gasteiger partial charge in [-0.1, -0.05) is 45.0 Å². The molecule has 2 aromatic rings. The number of hydrogen-bond acceptors (Lipinski definition) is 3. The molecule has 3 nitrogen and oxygen atoms in total. The average molecular weight is 269 g/mol. The minimum atomic E-state index is 0.553. The molecule has 1 aromatic heterocycles. The topological polar surface area (TPSA) is 37.8 Å². The summed E-state index contributed by atoms with van der Waals surface area (Å²) in [5.74, 6) is 1.49. The second kappa shape index (κ2) is 6.51. The number of nitrogens with zero attached hydrogens (tertiary/aromatic N) is 2. The highest BCUT2D eigenvalue weighted by molar-refractivity contribution is 5.68. The molecule has 0 unspecified atom stereocenters. The number of rotatable bonds is 5. The third-order valence-corrected chi connectivity index (χ3v) is 3.48. The molecule has 0 saturated carbocycles. The largest absolute Gasteiger partial charge is 0.370 e. The van der Waals surface area contributed by atoms with Crippen molar-refractivity contribution in [3.63, 3.8) is 0 Å². The van der Waals surface area contributed by atoms with Crippen LogP contribution in [0.4, 0.5) is 5.82 Å². The van der Waals surface area contributed by atoms with Gasteiger partial charge in [0.05, 0.1) is 5.69 Å². The van der Waals surface area contributed by atoms with Gasteiger partial charge in [0, 0.05) is 17.7 Å². The fraction of sp³-hybridized carbons (Fsp3) is 0.412. The van der Waals surface area contributed by atoms with Crippen molar-refractivity contribution >= 4 is 5.82 Å². The summed E-state index contributed by atoms with van der Waals surface area (Å²) in [6, 6.07) is 8.66. The van der Waals surface area contributed by atoms with E-state index in [1.807, 2.05) is 0 Å². The second-order valence-corrected chi connectivity index (χ2v) is 5.40. The highest BCUT2D eigenvalue weighted by Crippen LogP contribution is 2.26. The Labute approximate surface area is 121 Å². The van der Waals surface area contributed by atoms with Crippen molar-refractivity contribution in [2.75, 3.05) is 11.9 Å². The number of anilines is 1. The first kappa shape index (κ1) is 14.5. The van der Waals surface area contributed by atoms with E-state index in [4.69, 9.17) is 0 Å². The molecule has 0 bridgehead atoms. The predicted octanol–water partition coefficient (Wildman–Crippen LogP) is 4.40. The highest BCUT2D eigenvalue weighted by Gasteiger charge is 2.09. The quantitative estimate of drug-likeness (QED) is 0.874. The van der Waals surface area contributed by atoms with Crippen LogP contribution in [0.2, 0.25) is 0 Å². The molecule has 0 radical (unpaired) electrons. The maximum absolute atomic E-state index is 4.44. The fourth-order valence-electron chi connectivity index (χ4n) is 2.19. The van der Waals surface area contributed by atoms with Crippen LogP contribution in [0.15, 0.2) is 30.6 Å². The average Bonchev–Trinajstić information content (AvgIpc) is 2.46. The van der Waals surface area contributed by atoms with Gasteiger partial charge >= 0.3 is 0 Å². The molecule has 3 heteroatoms. The summed E-state index contributed by atoms with van der Waals surface area (Å²) in [7, 11) is 0. The fourth-order valence-corrected chi connectivity index (χ4v) is 2.19. The third kappa shape index (κ3) is 3.16. The molecule has 0 atom stereocenters. The Morgan fingerprint density at radius 3 is 2.40 bits per heavy atom. The van der Waals surface area contributed by atoms with Gasteiger partial charge in [0.25, 0.3) is 0 Å². The van der Waals surface area contributed by atoms with Gasteiger partial charge in [-0.15, -0.1) is 0 Å². The van der Waals surface area contributed by atoms with Crippen LogP contribution in [-0.2, 0) is 0 Å². The minimum Gasteiger partial charge on any atom is -0.370 e. The van der Waals surface area contributed by atoms with Crippen LogP contribution < -0.4 is 5.32 Å². The summed E-state index contributed by atoms with van der Waals surface area (Å²) in [6.07, 6.45) is 2.72. The van der Waals surface area contributed by atoms with Crippen LogP contribution in [0, 0.1) is 6.92 Å². The summed E-state index contributed by atoms with van der Waals surface area (Å²) in [6.45, 7) is 9.57. The first-order valence-electron chi connectivity index (χ1n) is 7.29. The smallest absolute Gasteiger partial charge is 0.132 e. The van der Waals surface area contributed by atoms with Crippen LogP contribution in [0.25, 0.3) is 11.3 Å². The summed E-state index contributed by atoms with van der Waals surface area (Å²) in [5.41, 5.74) is 4.62. The maximum Gasteiger partial charge on any atom is 0.132 e. The van der Waals surface area contributed by atoms with E-state index in [-0.39, 0.29) is 0 Å². The maximum atomic E-state index is 4.44. The molecule has 0 amide bonds. The Kier molecular flexibility index (Phi) is 4.72. The molecule has 1 N–H and O–H groups in total. The molecule has 1 heterocycles. The van der Waals surface area contributed by atoms with Gasteiger partial charge in [-0.25, -0.2) is 9.97 Å². The molecule has 0 aliphatic carbocycles. The van der Waals surface area contributed by atoms with E-state index in [9.17, 15) is 0 Å². The van der Waals surface area contributed by atoms with Crippen molar-refractivity contribution in [3.8, 4) is 11.3 Å². The molecule has 2 rings (SSSR count). The van der Waals surface area contributed by atoms with Crippen molar-refractivity contribution in [1.82, 2.24) is 9.97 Å². The van der Waals surface area contributed by atoms with Gasteiger partial charge in [0.2, 0.25) is 0 Å². The van der Waals surface area contributed by atoms with Gasteiger partial charge in [0.1, 0.15) is 12.1 Å². The molecule has 0 saturated heterocycles. The van der Waals surface area contributed by atoms with Crippen LogP contribution in [0.1, 0.15) is 44.2 Å². The van der Waals surface area contributed by atoms with E-state index >= 15 is 0 Å². The van der Waals surface area contributed by atoms with E-state index in [1.165, 1.54) is 5.56 Å². The van der Waals surface area contributed by atoms with E-state index in [2.05, 4.69) is 67.2 Å². The van der Waals surface area contributed by atoms with Crippen molar-refractivity contribution in [1.29, 1.82) is 0 Å². The number of nitrogens with one attached hydrogen (secondary N) is 1. The molecule has 0 spiro atoms. The van der Waals surface area contributed by atoms with Crippen molar-refractivity contribution in [3.05, 3.63) is 41.7 Å².